The van der Waals surface area contributed by atoms with Gasteiger partial charge in [-0.1, -0.05) is 31.5 Å². The van der Waals surface area contributed by atoms with Gasteiger partial charge in [0.15, 0.2) is 0 Å². The monoisotopic (exact) mass is 272 g/mol. The van der Waals surface area contributed by atoms with Gasteiger partial charge in [0.05, 0.1) is 0 Å². The van der Waals surface area contributed by atoms with Gasteiger partial charge in [0, 0.05) is 19.1 Å². The molecule has 3 rings (SSSR count). The maximum Gasteiger partial charge on any atom is 0.0237 e. The van der Waals surface area contributed by atoms with Gasteiger partial charge >= 0.3 is 0 Å². The van der Waals surface area contributed by atoms with Crippen LogP contribution in [0, 0.1) is 5.92 Å². The van der Waals surface area contributed by atoms with E-state index in [0.29, 0.717) is 6.04 Å². The largest absolute Gasteiger partial charge is 0.329 e. The molecule has 1 fully saturated rings. The minimum atomic E-state index is 0.585. The third kappa shape index (κ3) is 2.91. The normalized spacial score (nSPS) is 26.7. The lowest BCUT2D eigenvalue weighted by Gasteiger charge is -2.39. The summed E-state index contributed by atoms with van der Waals surface area (Å²) in [7, 11) is 0. The minimum absolute atomic E-state index is 0.585. The van der Waals surface area contributed by atoms with E-state index in [4.69, 9.17) is 5.73 Å². The number of piperidine rings is 1. The van der Waals surface area contributed by atoms with Crippen LogP contribution in [0.5, 0.6) is 0 Å². The molecule has 1 aliphatic carbocycles. The Kier molecular flexibility index (Phi) is 4.42. The Morgan fingerprint density at radius 3 is 2.90 bits per heavy atom. The third-order valence-electron chi connectivity index (χ3n) is 5.34. The molecule has 2 heteroatoms. The smallest absolute Gasteiger partial charge is 0.0237 e. The number of aryl methyl sites for hydroxylation is 2. The Labute approximate surface area is 123 Å². The molecular weight excluding hydrogens is 244 g/mol. The van der Waals surface area contributed by atoms with E-state index >= 15 is 0 Å². The highest BCUT2D eigenvalue weighted by molar-refractivity contribution is 5.35. The van der Waals surface area contributed by atoms with Crippen molar-refractivity contribution >= 4 is 0 Å². The van der Waals surface area contributed by atoms with Crippen molar-refractivity contribution in [3.63, 3.8) is 0 Å². The molecule has 2 N–H and O–H groups in total. The van der Waals surface area contributed by atoms with Gasteiger partial charge in [0.2, 0.25) is 0 Å². The molecule has 0 spiro atoms. The van der Waals surface area contributed by atoms with E-state index in [2.05, 4.69) is 30.0 Å². The number of likely N-dealkylation sites (tertiary alicyclic amines) is 1. The summed E-state index contributed by atoms with van der Waals surface area (Å²) in [6, 6.07) is 7.72. The molecule has 0 aromatic heterocycles. The topological polar surface area (TPSA) is 29.3 Å². The van der Waals surface area contributed by atoms with Crippen LogP contribution < -0.4 is 5.73 Å². The van der Waals surface area contributed by atoms with Gasteiger partial charge in [-0.2, -0.15) is 0 Å². The average Bonchev–Trinajstić information content (AvgIpc) is 2.95. The molecule has 0 radical (unpaired) electrons. The molecule has 1 aliphatic heterocycles. The number of fused-ring (bicyclic) bond motifs is 1. The number of hydrogen-bond acceptors (Lipinski definition) is 2. The molecular formula is C18H28N2. The average molecular weight is 272 g/mol. The van der Waals surface area contributed by atoms with Crippen molar-refractivity contribution < 1.29 is 0 Å². The van der Waals surface area contributed by atoms with Crippen LogP contribution in [0.25, 0.3) is 0 Å². The molecule has 1 heterocycles. The molecule has 2 unspecified atom stereocenters. The van der Waals surface area contributed by atoms with Crippen LogP contribution in [0.3, 0.4) is 0 Å². The SMILES string of the molecule is CCC1CCN(Cc2ccc3c(c2)CCC3)C(CN)C1. The summed E-state index contributed by atoms with van der Waals surface area (Å²) in [5.74, 6) is 0.889. The molecule has 2 aliphatic rings. The second-order valence-corrected chi connectivity index (χ2v) is 6.62. The van der Waals surface area contributed by atoms with E-state index in [1.165, 1.54) is 50.6 Å². The van der Waals surface area contributed by atoms with Gasteiger partial charge in [-0.05, 0) is 61.3 Å². The zero-order chi connectivity index (χ0) is 13.9. The Morgan fingerprint density at radius 1 is 1.25 bits per heavy atom. The molecule has 0 bridgehead atoms. The van der Waals surface area contributed by atoms with Gasteiger partial charge in [-0.3, -0.25) is 4.90 Å². The van der Waals surface area contributed by atoms with Gasteiger partial charge in [0.1, 0.15) is 0 Å². The summed E-state index contributed by atoms with van der Waals surface area (Å²) in [5.41, 5.74) is 10.7. The van der Waals surface area contributed by atoms with E-state index in [9.17, 15) is 0 Å². The van der Waals surface area contributed by atoms with Crippen molar-refractivity contribution in [1.82, 2.24) is 4.90 Å². The summed E-state index contributed by atoms with van der Waals surface area (Å²) in [6.07, 6.45) is 7.84. The van der Waals surface area contributed by atoms with Gasteiger partial charge in [-0.25, -0.2) is 0 Å². The van der Waals surface area contributed by atoms with Crippen molar-refractivity contribution in [3.8, 4) is 0 Å². The Morgan fingerprint density at radius 2 is 2.10 bits per heavy atom. The van der Waals surface area contributed by atoms with Gasteiger partial charge < -0.3 is 5.73 Å². The van der Waals surface area contributed by atoms with Crippen molar-refractivity contribution in [2.24, 2.45) is 11.7 Å². The van der Waals surface area contributed by atoms with Crippen LogP contribution >= 0.6 is 0 Å². The second-order valence-electron chi connectivity index (χ2n) is 6.62. The molecule has 0 saturated carbocycles. The highest BCUT2D eigenvalue weighted by Crippen LogP contribution is 2.28. The first-order valence-corrected chi connectivity index (χ1v) is 8.35. The van der Waals surface area contributed by atoms with Crippen LogP contribution in [0.15, 0.2) is 18.2 Å². The minimum Gasteiger partial charge on any atom is -0.329 e. The summed E-state index contributed by atoms with van der Waals surface area (Å²) < 4.78 is 0. The zero-order valence-corrected chi connectivity index (χ0v) is 12.8. The summed E-state index contributed by atoms with van der Waals surface area (Å²) in [5, 5.41) is 0. The van der Waals surface area contributed by atoms with Gasteiger partial charge in [0.25, 0.3) is 0 Å². The van der Waals surface area contributed by atoms with Crippen LogP contribution in [0.4, 0.5) is 0 Å². The predicted molar refractivity (Wildman–Crippen MR) is 84.7 cm³/mol. The molecule has 0 amide bonds. The van der Waals surface area contributed by atoms with Crippen molar-refractivity contribution in [2.75, 3.05) is 13.1 Å². The molecule has 110 valence electrons. The van der Waals surface area contributed by atoms with E-state index in [0.717, 1.165) is 19.0 Å². The van der Waals surface area contributed by atoms with E-state index in [1.807, 2.05) is 0 Å². The number of nitrogens with zero attached hydrogens (tertiary/aromatic N) is 1. The second kappa shape index (κ2) is 6.28. The summed E-state index contributed by atoms with van der Waals surface area (Å²) in [6.45, 7) is 5.43. The maximum absolute atomic E-state index is 6.01. The lowest BCUT2D eigenvalue weighted by molar-refractivity contribution is 0.107. The first-order valence-electron chi connectivity index (χ1n) is 8.35. The quantitative estimate of drug-likeness (QED) is 0.912. The van der Waals surface area contributed by atoms with Crippen molar-refractivity contribution in [1.29, 1.82) is 0 Å². The first-order chi connectivity index (χ1) is 9.80. The fraction of sp³-hybridized carbons (Fsp3) is 0.667. The summed E-state index contributed by atoms with van der Waals surface area (Å²) in [4.78, 5) is 2.61. The van der Waals surface area contributed by atoms with Crippen LogP contribution in [-0.2, 0) is 19.4 Å². The molecule has 20 heavy (non-hydrogen) atoms. The van der Waals surface area contributed by atoms with Crippen LogP contribution in [0.2, 0.25) is 0 Å². The Balaban J connectivity index is 1.67. The van der Waals surface area contributed by atoms with Gasteiger partial charge in [-0.15, -0.1) is 0 Å². The van der Waals surface area contributed by atoms with E-state index < -0.39 is 0 Å². The van der Waals surface area contributed by atoms with E-state index in [-0.39, 0.29) is 0 Å². The molecule has 1 aromatic rings. The first kappa shape index (κ1) is 14.1. The standard InChI is InChI=1S/C18H28N2/c1-2-14-8-9-20(18(11-14)12-19)13-15-6-7-16-4-3-5-17(16)10-15/h6-7,10,14,18H,2-5,8-9,11-13,19H2,1H3. The number of rotatable bonds is 4. The third-order valence-corrected chi connectivity index (χ3v) is 5.34. The fourth-order valence-corrected chi connectivity index (χ4v) is 3.96. The Hall–Kier alpha value is -0.860. The van der Waals surface area contributed by atoms with E-state index in [1.54, 1.807) is 11.1 Å². The number of benzene rings is 1. The molecule has 2 nitrogen and oxygen atoms in total. The molecule has 1 aromatic carbocycles. The summed E-state index contributed by atoms with van der Waals surface area (Å²) >= 11 is 0. The fourth-order valence-electron chi connectivity index (χ4n) is 3.96. The van der Waals surface area contributed by atoms with Crippen molar-refractivity contribution in [2.45, 2.75) is 58.0 Å². The lowest BCUT2D eigenvalue weighted by Crippen LogP contribution is -2.46. The van der Waals surface area contributed by atoms with Crippen LogP contribution in [0.1, 0.15) is 49.3 Å². The lowest BCUT2D eigenvalue weighted by atomic mass is 9.88. The Bertz CT molecular complexity index is 455. The number of nitrogens with two attached hydrogens (primary N) is 1. The number of hydrogen-bond donors (Lipinski definition) is 1. The highest BCUT2D eigenvalue weighted by Gasteiger charge is 2.26. The predicted octanol–water partition coefficient (Wildman–Crippen LogP) is 3.12. The molecule has 2 atom stereocenters. The maximum atomic E-state index is 6.01. The van der Waals surface area contributed by atoms with Crippen molar-refractivity contribution in [3.05, 3.63) is 34.9 Å². The molecule has 1 saturated heterocycles. The zero-order valence-electron chi connectivity index (χ0n) is 12.8. The highest BCUT2D eigenvalue weighted by atomic mass is 15.2. The van der Waals surface area contributed by atoms with Crippen LogP contribution in [-0.4, -0.2) is 24.0 Å².